The van der Waals surface area contributed by atoms with Crippen LogP contribution in [0.1, 0.15) is 16.8 Å². The summed E-state index contributed by atoms with van der Waals surface area (Å²) in [6, 6.07) is 29.1. The Bertz CT molecular complexity index is 1480. The normalized spacial score (nSPS) is 12.8. The van der Waals surface area contributed by atoms with E-state index < -0.39 is 0 Å². The minimum Gasteiger partial charge on any atom is -0.455 e. The Hall–Kier alpha value is -4.29. The lowest BCUT2D eigenvalue weighted by Crippen LogP contribution is -2.16. The average Bonchev–Trinajstić information content (AvgIpc) is 3.45. The molecule has 3 aromatic carbocycles. The van der Waals surface area contributed by atoms with Gasteiger partial charge < -0.3 is 26.7 Å². The molecule has 0 fully saturated rings. The number of nitrogens with zero attached hydrogens (tertiary/aromatic N) is 2. The van der Waals surface area contributed by atoms with Crippen molar-refractivity contribution in [1.82, 2.24) is 10.7 Å². The smallest absolute Gasteiger partial charge is 0.152 e. The highest BCUT2D eigenvalue weighted by atomic mass is 16.3. The first-order valence-electron chi connectivity index (χ1n) is 10.7. The molecule has 0 atom stereocenters. The molecule has 0 radical (unpaired) electrons. The number of hydrazone groups is 1. The number of benzene rings is 3. The van der Waals surface area contributed by atoms with Crippen molar-refractivity contribution in [2.45, 2.75) is 12.8 Å². The number of furan rings is 1. The fraction of sp³-hybridized carbons (Fsp3) is 0.0741. The Morgan fingerprint density at radius 2 is 1.67 bits per heavy atom. The van der Waals surface area contributed by atoms with Crippen LogP contribution >= 0.6 is 0 Å². The van der Waals surface area contributed by atoms with Crippen molar-refractivity contribution in [3.05, 3.63) is 102 Å². The van der Waals surface area contributed by atoms with E-state index in [9.17, 15) is 0 Å². The van der Waals surface area contributed by atoms with E-state index in [4.69, 9.17) is 16.0 Å². The fourth-order valence-electron chi connectivity index (χ4n) is 4.75. The molecule has 0 amide bonds. The molecule has 5 aromatic rings. The molecule has 6 heteroatoms. The van der Waals surface area contributed by atoms with Gasteiger partial charge in [0.25, 0.3) is 0 Å². The zero-order valence-corrected chi connectivity index (χ0v) is 18.2. The third-order valence-electron chi connectivity index (χ3n) is 6.26. The maximum Gasteiger partial charge on any atom is 0.152 e. The van der Waals surface area contributed by atoms with Gasteiger partial charge >= 0.3 is 0 Å². The first-order valence-corrected chi connectivity index (χ1v) is 10.7. The summed E-state index contributed by atoms with van der Waals surface area (Å²) < 4.78 is 8.58. The molecule has 2 aromatic heterocycles. The second-order valence-electron chi connectivity index (χ2n) is 8.10. The van der Waals surface area contributed by atoms with E-state index in [0.29, 0.717) is 5.84 Å². The van der Waals surface area contributed by atoms with Gasteiger partial charge in [-0.2, -0.15) is 5.10 Å². The molecule has 6 rings (SSSR count). The summed E-state index contributed by atoms with van der Waals surface area (Å²) in [6.07, 6.45) is 1.94. The van der Waals surface area contributed by atoms with E-state index in [1.165, 1.54) is 22.4 Å². The lowest BCUT2D eigenvalue weighted by molar-refractivity contribution is 0.626. The molecule has 33 heavy (non-hydrogen) atoms. The van der Waals surface area contributed by atoms with Crippen LogP contribution in [0.4, 0.5) is 0 Å². The van der Waals surface area contributed by atoms with Crippen LogP contribution in [0.15, 0.2) is 94.4 Å². The zero-order valence-electron chi connectivity index (χ0n) is 18.2. The van der Waals surface area contributed by atoms with Crippen molar-refractivity contribution < 1.29 is 4.42 Å². The van der Waals surface area contributed by atoms with Gasteiger partial charge in [-0.25, -0.2) is 0 Å². The van der Waals surface area contributed by atoms with E-state index in [1.54, 1.807) is 0 Å². The van der Waals surface area contributed by atoms with Crippen LogP contribution in [0, 0.1) is 0 Å². The first-order chi connectivity index (χ1) is 15.7. The molecule has 164 valence electrons. The number of hydrogen-bond acceptors (Lipinski definition) is 4. The summed E-state index contributed by atoms with van der Waals surface area (Å²) in [6.45, 7) is 0. The number of nitrogens with two attached hydrogens (primary N) is 2. The van der Waals surface area contributed by atoms with Crippen molar-refractivity contribution >= 4 is 16.8 Å². The van der Waals surface area contributed by atoms with Crippen molar-refractivity contribution in [2.75, 3.05) is 0 Å². The molecule has 0 saturated carbocycles. The van der Waals surface area contributed by atoms with E-state index >= 15 is 0 Å². The minimum atomic E-state index is 0. The van der Waals surface area contributed by atoms with Gasteiger partial charge in [-0.05, 0) is 54.3 Å². The summed E-state index contributed by atoms with van der Waals surface area (Å²) in [5, 5.41) is 4.76. The van der Waals surface area contributed by atoms with Crippen molar-refractivity contribution in [3.8, 4) is 28.3 Å². The maximum atomic E-state index is 6.29. The Balaban J connectivity index is 0.00000228. The number of fused-ring (bicyclic) bond motifs is 4. The zero-order chi connectivity index (χ0) is 21.7. The fourth-order valence-corrected chi connectivity index (χ4v) is 4.75. The van der Waals surface area contributed by atoms with Gasteiger partial charge in [0.2, 0.25) is 0 Å². The van der Waals surface area contributed by atoms with Gasteiger partial charge in [0.05, 0.1) is 5.69 Å². The summed E-state index contributed by atoms with van der Waals surface area (Å²) >= 11 is 0. The average molecular weight is 436 g/mol. The van der Waals surface area contributed by atoms with E-state index in [1.807, 2.05) is 36.4 Å². The molecular formula is C27H25N5O. The van der Waals surface area contributed by atoms with E-state index in [-0.39, 0.29) is 6.15 Å². The number of rotatable bonds is 3. The summed E-state index contributed by atoms with van der Waals surface area (Å²) in [5.41, 5.74) is 14.9. The second kappa shape index (κ2) is 8.00. The van der Waals surface area contributed by atoms with Gasteiger partial charge in [-0.3, -0.25) is 0 Å². The Labute approximate surface area is 191 Å². The highest BCUT2D eigenvalue weighted by Crippen LogP contribution is 2.41. The van der Waals surface area contributed by atoms with Gasteiger partial charge in [0, 0.05) is 27.9 Å². The third kappa shape index (κ3) is 3.28. The van der Waals surface area contributed by atoms with Gasteiger partial charge in [0.1, 0.15) is 11.4 Å². The third-order valence-corrected chi connectivity index (χ3v) is 6.26. The molecule has 0 saturated heterocycles. The topological polar surface area (TPSA) is 117 Å². The molecule has 0 spiro atoms. The van der Waals surface area contributed by atoms with Crippen molar-refractivity contribution in [1.29, 1.82) is 0 Å². The number of aryl methyl sites for hydroxylation is 1. The van der Waals surface area contributed by atoms with Crippen molar-refractivity contribution in [2.24, 2.45) is 16.7 Å². The molecule has 1 aliphatic rings. The predicted octanol–water partition coefficient (Wildman–Crippen LogP) is 5.40. The predicted molar refractivity (Wildman–Crippen MR) is 134 cm³/mol. The monoisotopic (exact) mass is 435 g/mol. The lowest BCUT2D eigenvalue weighted by atomic mass is 9.90. The molecule has 0 bridgehead atoms. The highest BCUT2D eigenvalue weighted by molar-refractivity contribution is 5.97. The molecule has 1 aliphatic carbocycles. The first kappa shape index (κ1) is 20.6. The van der Waals surface area contributed by atoms with E-state index in [0.717, 1.165) is 46.5 Å². The van der Waals surface area contributed by atoms with Gasteiger partial charge in [-0.15, -0.1) is 0 Å². The van der Waals surface area contributed by atoms with Crippen molar-refractivity contribution in [3.63, 3.8) is 0 Å². The number of hydrogen-bond donors (Lipinski definition) is 3. The second-order valence-corrected chi connectivity index (χ2v) is 8.10. The van der Waals surface area contributed by atoms with Gasteiger partial charge in [-0.1, -0.05) is 54.6 Å². The Kier molecular flexibility index (Phi) is 4.99. The molecule has 7 N–H and O–H groups in total. The molecular weight excluding hydrogens is 410 g/mol. The van der Waals surface area contributed by atoms with Crippen LogP contribution < -0.4 is 17.7 Å². The summed E-state index contributed by atoms with van der Waals surface area (Å²) in [5.74, 6) is 6.59. The quantitative estimate of drug-likeness (QED) is 0.152. The maximum absolute atomic E-state index is 6.29. The SMILES string of the molecule is N.N/N=C(\N)c1cccc(-n2c(-c3cc4ccccc4o3)cc3c2CCc2ccccc2-3)c1. The van der Waals surface area contributed by atoms with Crippen LogP contribution in [0.3, 0.4) is 0 Å². The van der Waals surface area contributed by atoms with Crippen LogP contribution in [0.25, 0.3) is 39.2 Å². The standard InChI is InChI=1S/C27H22N4O.H3N/c28-27(30-29)19-8-5-9-20(14-19)31-23-13-12-17-6-1-3-10-21(17)22(23)16-24(31)26-15-18-7-2-4-11-25(18)32-26;/h1-11,14-16H,12-13,29H2,(H2,28,30);1H3. The number of para-hydroxylation sites is 1. The molecule has 2 heterocycles. The highest BCUT2D eigenvalue weighted by Gasteiger charge is 2.25. The van der Waals surface area contributed by atoms with Crippen LogP contribution in [0.5, 0.6) is 0 Å². The number of aromatic nitrogens is 1. The van der Waals surface area contributed by atoms with Gasteiger partial charge in [0.15, 0.2) is 5.76 Å². The van der Waals surface area contributed by atoms with Crippen LogP contribution in [-0.2, 0) is 12.8 Å². The molecule has 0 aliphatic heterocycles. The largest absolute Gasteiger partial charge is 0.455 e. The summed E-state index contributed by atoms with van der Waals surface area (Å²) in [7, 11) is 0. The lowest BCUT2D eigenvalue weighted by Gasteiger charge is -2.20. The van der Waals surface area contributed by atoms with Crippen LogP contribution in [-0.4, -0.2) is 10.4 Å². The Morgan fingerprint density at radius 3 is 2.52 bits per heavy atom. The molecule has 6 nitrogen and oxygen atoms in total. The molecule has 0 unspecified atom stereocenters. The Morgan fingerprint density at radius 1 is 0.848 bits per heavy atom. The number of amidine groups is 1. The van der Waals surface area contributed by atoms with Crippen LogP contribution in [0.2, 0.25) is 0 Å². The summed E-state index contributed by atoms with van der Waals surface area (Å²) in [4.78, 5) is 0. The minimum absolute atomic E-state index is 0. The van der Waals surface area contributed by atoms with E-state index in [2.05, 4.69) is 58.2 Å².